The molecule has 0 spiro atoms. The van der Waals surface area contributed by atoms with Gasteiger partial charge in [-0.2, -0.15) is 0 Å². The molecule has 38 heavy (non-hydrogen) atoms. The highest BCUT2D eigenvalue weighted by atomic mass is 35.5. The van der Waals surface area contributed by atoms with Crippen molar-refractivity contribution in [3.63, 3.8) is 0 Å². The summed E-state index contributed by atoms with van der Waals surface area (Å²) in [6.45, 7) is 3.45. The summed E-state index contributed by atoms with van der Waals surface area (Å²) in [7, 11) is -3.87. The third kappa shape index (κ3) is 7.72. The summed E-state index contributed by atoms with van der Waals surface area (Å²) in [4.78, 5) is 28.7. The average Bonchev–Trinajstić information content (AvgIpc) is 2.87. The molecule has 1 atom stereocenters. The van der Waals surface area contributed by atoms with E-state index in [1.807, 2.05) is 30.3 Å². The molecule has 10 heteroatoms. The zero-order valence-corrected chi connectivity index (χ0v) is 23.9. The molecule has 0 radical (unpaired) electrons. The molecule has 3 aromatic carbocycles. The molecular weight excluding hydrogens is 545 g/mol. The predicted molar refractivity (Wildman–Crippen MR) is 153 cm³/mol. The van der Waals surface area contributed by atoms with Crippen LogP contribution in [0.2, 0.25) is 10.0 Å². The average molecular weight is 577 g/mol. The first-order valence-corrected chi connectivity index (χ1v) is 14.7. The first-order valence-electron chi connectivity index (χ1n) is 12.1. The van der Waals surface area contributed by atoms with Gasteiger partial charge in [0, 0.05) is 29.6 Å². The van der Waals surface area contributed by atoms with Crippen LogP contribution < -0.4 is 9.62 Å². The molecule has 0 aliphatic carbocycles. The number of hydrogen-bond donors (Lipinski definition) is 1. The van der Waals surface area contributed by atoms with Crippen molar-refractivity contribution < 1.29 is 18.0 Å². The molecular formula is C28H31Cl2N3O4S. The highest BCUT2D eigenvalue weighted by Gasteiger charge is 2.33. The molecule has 7 nitrogen and oxygen atoms in total. The second kappa shape index (κ2) is 13.1. The first-order chi connectivity index (χ1) is 18.0. The molecule has 0 aliphatic rings. The lowest BCUT2D eigenvalue weighted by Crippen LogP contribution is -2.53. The van der Waals surface area contributed by atoms with Gasteiger partial charge in [-0.25, -0.2) is 8.42 Å². The van der Waals surface area contributed by atoms with Gasteiger partial charge < -0.3 is 10.2 Å². The molecule has 0 aromatic heterocycles. The lowest BCUT2D eigenvalue weighted by atomic mass is 10.0. The van der Waals surface area contributed by atoms with E-state index >= 15 is 0 Å². The summed E-state index contributed by atoms with van der Waals surface area (Å²) >= 11 is 12.3. The number of carbonyl (C=O) groups is 2. The number of carbonyl (C=O) groups excluding carboxylic acids is 2. The summed E-state index contributed by atoms with van der Waals surface area (Å²) < 4.78 is 26.8. The quantitative estimate of drug-likeness (QED) is 0.354. The van der Waals surface area contributed by atoms with Crippen LogP contribution in [0.1, 0.15) is 23.6 Å². The van der Waals surface area contributed by atoms with Gasteiger partial charge in [-0.05, 0) is 54.8 Å². The molecule has 0 saturated carbocycles. The van der Waals surface area contributed by atoms with E-state index < -0.39 is 28.5 Å². The highest BCUT2D eigenvalue weighted by molar-refractivity contribution is 7.92. The van der Waals surface area contributed by atoms with E-state index in [0.717, 1.165) is 21.7 Å². The normalized spacial score (nSPS) is 12.0. The Morgan fingerprint density at radius 3 is 2.18 bits per heavy atom. The number of sulfonamides is 1. The van der Waals surface area contributed by atoms with Gasteiger partial charge in [0.1, 0.15) is 12.6 Å². The smallest absolute Gasteiger partial charge is 0.244 e. The summed E-state index contributed by atoms with van der Waals surface area (Å²) in [5.41, 5.74) is 2.44. The number of anilines is 1. The van der Waals surface area contributed by atoms with Gasteiger partial charge in [-0.1, -0.05) is 71.7 Å². The van der Waals surface area contributed by atoms with Crippen molar-refractivity contribution in [3.05, 3.63) is 99.5 Å². The van der Waals surface area contributed by atoms with Crippen molar-refractivity contribution in [2.75, 3.05) is 23.7 Å². The lowest BCUT2D eigenvalue weighted by Gasteiger charge is -2.33. The zero-order valence-electron chi connectivity index (χ0n) is 21.5. The van der Waals surface area contributed by atoms with Crippen molar-refractivity contribution in [1.82, 2.24) is 10.2 Å². The Balaban J connectivity index is 2.06. The van der Waals surface area contributed by atoms with E-state index in [1.165, 1.54) is 4.90 Å². The molecule has 2 amide bonds. The van der Waals surface area contributed by atoms with E-state index in [4.69, 9.17) is 23.2 Å². The van der Waals surface area contributed by atoms with Crippen LogP contribution in [0, 0.1) is 6.92 Å². The number of benzene rings is 3. The van der Waals surface area contributed by atoms with Crippen molar-refractivity contribution in [2.45, 2.75) is 32.9 Å². The number of nitrogens with zero attached hydrogens (tertiary/aromatic N) is 2. The molecule has 0 bridgehead atoms. The van der Waals surface area contributed by atoms with Gasteiger partial charge >= 0.3 is 0 Å². The Morgan fingerprint density at radius 2 is 1.58 bits per heavy atom. The molecule has 0 unspecified atom stereocenters. The largest absolute Gasteiger partial charge is 0.355 e. The van der Waals surface area contributed by atoms with E-state index in [-0.39, 0.29) is 18.9 Å². The fraction of sp³-hybridized carbons (Fsp3) is 0.286. The SMILES string of the molecule is CCNC(=O)[C@@H](Cc1ccccc1)N(Cc1ccc(Cl)cc1)C(=O)CN(c1cccc(Cl)c1C)S(C)(=O)=O. The number of halogens is 2. The van der Waals surface area contributed by atoms with Crippen LogP contribution >= 0.6 is 23.2 Å². The fourth-order valence-corrected chi connectivity index (χ4v) is 5.29. The van der Waals surface area contributed by atoms with Crippen molar-refractivity contribution in [3.8, 4) is 0 Å². The Labute approximate surface area is 234 Å². The monoisotopic (exact) mass is 575 g/mol. The van der Waals surface area contributed by atoms with Gasteiger partial charge in [0.25, 0.3) is 0 Å². The Bertz CT molecular complexity index is 1370. The summed E-state index contributed by atoms with van der Waals surface area (Å²) in [5.74, 6) is -0.861. The van der Waals surface area contributed by atoms with Crippen LogP contribution in [0.15, 0.2) is 72.8 Å². The fourth-order valence-electron chi connectivity index (χ4n) is 4.09. The molecule has 3 rings (SSSR count). The van der Waals surface area contributed by atoms with Crippen LogP contribution in [-0.2, 0) is 32.6 Å². The maximum Gasteiger partial charge on any atom is 0.244 e. The Morgan fingerprint density at radius 1 is 0.921 bits per heavy atom. The first kappa shape index (κ1) is 29.5. The Hall–Kier alpha value is -3.07. The van der Waals surface area contributed by atoms with Crippen LogP contribution in [0.4, 0.5) is 5.69 Å². The number of amides is 2. The predicted octanol–water partition coefficient (Wildman–Crippen LogP) is 4.84. The molecule has 0 heterocycles. The number of likely N-dealkylation sites (N-methyl/N-ethyl adjacent to an activating group) is 1. The maximum atomic E-state index is 14.0. The van der Waals surface area contributed by atoms with Crippen LogP contribution in [0.5, 0.6) is 0 Å². The molecule has 0 aliphatic heterocycles. The van der Waals surface area contributed by atoms with Crippen molar-refractivity contribution >= 4 is 50.7 Å². The molecule has 0 saturated heterocycles. The second-order valence-electron chi connectivity index (χ2n) is 8.90. The molecule has 0 fully saturated rings. The van der Waals surface area contributed by atoms with E-state index in [9.17, 15) is 18.0 Å². The van der Waals surface area contributed by atoms with Gasteiger partial charge in [-0.3, -0.25) is 13.9 Å². The van der Waals surface area contributed by atoms with Crippen molar-refractivity contribution in [1.29, 1.82) is 0 Å². The van der Waals surface area contributed by atoms with Crippen LogP contribution in [0.25, 0.3) is 0 Å². The van der Waals surface area contributed by atoms with Crippen LogP contribution in [-0.4, -0.2) is 50.5 Å². The third-order valence-electron chi connectivity index (χ3n) is 6.08. The third-order valence-corrected chi connectivity index (χ3v) is 7.86. The highest BCUT2D eigenvalue weighted by Crippen LogP contribution is 2.28. The summed E-state index contributed by atoms with van der Waals surface area (Å²) in [6, 6.07) is 20.3. The maximum absolute atomic E-state index is 14.0. The van der Waals surface area contributed by atoms with Crippen molar-refractivity contribution in [2.24, 2.45) is 0 Å². The molecule has 1 N–H and O–H groups in total. The van der Waals surface area contributed by atoms with Gasteiger partial charge in [0.15, 0.2) is 0 Å². The minimum absolute atomic E-state index is 0.0801. The summed E-state index contributed by atoms with van der Waals surface area (Å²) in [6.07, 6.45) is 1.29. The number of hydrogen-bond acceptors (Lipinski definition) is 4. The standard InChI is InChI=1S/C28H31Cl2N3O4S/c1-4-31-28(35)26(17-21-9-6-5-7-10-21)32(18-22-13-15-23(29)16-14-22)27(34)19-33(38(3,36)37)25-12-8-11-24(30)20(25)2/h5-16,26H,4,17-19H2,1-3H3,(H,31,35)/t26-/m1/s1. The molecule has 202 valence electrons. The van der Waals surface area contributed by atoms with E-state index in [0.29, 0.717) is 27.8 Å². The topological polar surface area (TPSA) is 86.8 Å². The number of nitrogens with one attached hydrogen (secondary N) is 1. The van der Waals surface area contributed by atoms with E-state index in [2.05, 4.69) is 5.32 Å². The van der Waals surface area contributed by atoms with Gasteiger partial charge in [-0.15, -0.1) is 0 Å². The lowest BCUT2D eigenvalue weighted by molar-refractivity contribution is -0.140. The minimum atomic E-state index is -3.87. The van der Waals surface area contributed by atoms with E-state index in [1.54, 1.807) is 56.3 Å². The number of rotatable bonds is 11. The molecule has 3 aromatic rings. The minimum Gasteiger partial charge on any atom is -0.355 e. The Kier molecular flexibility index (Phi) is 10.2. The summed E-state index contributed by atoms with van der Waals surface area (Å²) in [5, 5.41) is 3.74. The second-order valence-corrected chi connectivity index (χ2v) is 11.7. The van der Waals surface area contributed by atoms with Crippen LogP contribution in [0.3, 0.4) is 0 Å². The van der Waals surface area contributed by atoms with Gasteiger partial charge in [0.05, 0.1) is 11.9 Å². The zero-order chi connectivity index (χ0) is 27.9. The van der Waals surface area contributed by atoms with Gasteiger partial charge in [0.2, 0.25) is 21.8 Å².